The molecule has 1 saturated carbocycles. The maximum absolute atomic E-state index is 9.09. The van der Waals surface area contributed by atoms with E-state index in [9.17, 15) is 0 Å². The molecule has 2 N–H and O–H groups in total. The summed E-state index contributed by atoms with van der Waals surface area (Å²) in [5.74, 6) is 1.69. The first kappa shape index (κ1) is 10.4. The molecule has 2 fully saturated rings. The highest BCUT2D eigenvalue weighted by atomic mass is 16.3. The number of rotatable bonds is 4. The molecule has 2 unspecified atom stereocenters. The van der Waals surface area contributed by atoms with Crippen LogP contribution in [0.1, 0.15) is 44.9 Å². The van der Waals surface area contributed by atoms with Crippen molar-refractivity contribution in [3.8, 4) is 0 Å². The van der Waals surface area contributed by atoms with Crippen LogP contribution in [-0.2, 0) is 0 Å². The van der Waals surface area contributed by atoms with Crippen molar-refractivity contribution < 1.29 is 5.11 Å². The summed E-state index contributed by atoms with van der Waals surface area (Å²) in [5, 5.41) is 12.8. The Kier molecular flexibility index (Phi) is 3.82. The number of nitrogens with one attached hydrogen (secondary N) is 1. The van der Waals surface area contributed by atoms with Gasteiger partial charge >= 0.3 is 0 Å². The third-order valence-corrected chi connectivity index (χ3v) is 3.81. The zero-order chi connectivity index (χ0) is 9.80. The van der Waals surface area contributed by atoms with Crippen molar-refractivity contribution in [3.63, 3.8) is 0 Å². The van der Waals surface area contributed by atoms with Gasteiger partial charge in [-0.3, -0.25) is 0 Å². The van der Waals surface area contributed by atoms with E-state index in [1.54, 1.807) is 0 Å². The number of hydrogen-bond donors (Lipinski definition) is 2. The van der Waals surface area contributed by atoms with Gasteiger partial charge in [0.1, 0.15) is 0 Å². The summed E-state index contributed by atoms with van der Waals surface area (Å²) in [6.07, 6.45) is 9.27. The molecule has 2 rings (SSSR count). The molecule has 0 aromatic heterocycles. The number of hydrogen-bond acceptors (Lipinski definition) is 2. The molecule has 1 aliphatic heterocycles. The molecule has 2 heteroatoms. The van der Waals surface area contributed by atoms with Gasteiger partial charge in [-0.15, -0.1) is 0 Å². The lowest BCUT2D eigenvalue weighted by Crippen LogP contribution is -2.37. The minimum Gasteiger partial charge on any atom is -0.396 e. The molecule has 2 atom stereocenters. The van der Waals surface area contributed by atoms with Gasteiger partial charge in [-0.25, -0.2) is 0 Å². The van der Waals surface area contributed by atoms with Gasteiger partial charge in [0.15, 0.2) is 0 Å². The van der Waals surface area contributed by atoms with Crippen LogP contribution in [0.5, 0.6) is 0 Å². The summed E-state index contributed by atoms with van der Waals surface area (Å²) < 4.78 is 0. The quantitative estimate of drug-likeness (QED) is 0.722. The molecule has 0 aromatic carbocycles. The van der Waals surface area contributed by atoms with E-state index in [1.165, 1.54) is 45.1 Å². The van der Waals surface area contributed by atoms with Crippen molar-refractivity contribution in [2.45, 2.75) is 51.0 Å². The molecule has 0 amide bonds. The van der Waals surface area contributed by atoms with Crippen LogP contribution in [0, 0.1) is 11.8 Å². The molecule has 0 bridgehead atoms. The fourth-order valence-corrected chi connectivity index (χ4v) is 2.86. The molecule has 1 aliphatic carbocycles. The summed E-state index contributed by atoms with van der Waals surface area (Å²) in [6, 6.07) is 0.706. The third-order valence-electron chi connectivity index (χ3n) is 3.81. The van der Waals surface area contributed by atoms with Crippen molar-refractivity contribution in [3.05, 3.63) is 0 Å². The highest BCUT2D eigenvalue weighted by Gasteiger charge is 2.35. The van der Waals surface area contributed by atoms with Gasteiger partial charge in [-0.2, -0.15) is 0 Å². The van der Waals surface area contributed by atoms with Crippen molar-refractivity contribution in [1.82, 2.24) is 5.32 Å². The molecule has 0 radical (unpaired) electrons. The maximum Gasteiger partial charge on any atom is 0.0434 e. The molecule has 2 nitrogen and oxygen atoms in total. The van der Waals surface area contributed by atoms with Gasteiger partial charge in [0.05, 0.1) is 0 Å². The Labute approximate surface area is 87.1 Å². The van der Waals surface area contributed by atoms with Crippen LogP contribution in [0.25, 0.3) is 0 Å². The lowest BCUT2D eigenvalue weighted by atomic mass is 9.88. The van der Waals surface area contributed by atoms with E-state index in [0.29, 0.717) is 12.6 Å². The lowest BCUT2D eigenvalue weighted by Gasteiger charge is -2.26. The molecule has 14 heavy (non-hydrogen) atoms. The Morgan fingerprint density at radius 3 is 2.71 bits per heavy atom. The van der Waals surface area contributed by atoms with Gasteiger partial charge < -0.3 is 10.4 Å². The minimum atomic E-state index is 0.374. The van der Waals surface area contributed by atoms with Crippen LogP contribution >= 0.6 is 0 Å². The molecular formula is C12H23NO. The standard InChI is InChI=1S/C12H23NO/c14-9-7-11(10-5-6-10)12-4-2-1-3-8-13-12/h10-14H,1-9H2. The first-order chi connectivity index (χ1) is 6.92. The summed E-state index contributed by atoms with van der Waals surface area (Å²) in [5.41, 5.74) is 0. The molecular weight excluding hydrogens is 174 g/mol. The SMILES string of the molecule is OCCC(C1CC1)C1CCCCCN1. The largest absolute Gasteiger partial charge is 0.396 e. The molecule has 1 saturated heterocycles. The van der Waals surface area contributed by atoms with E-state index < -0.39 is 0 Å². The maximum atomic E-state index is 9.09. The Bertz CT molecular complexity index is 160. The second-order valence-corrected chi connectivity index (χ2v) is 4.92. The van der Waals surface area contributed by atoms with Crippen molar-refractivity contribution >= 4 is 0 Å². The van der Waals surface area contributed by atoms with E-state index in [-0.39, 0.29) is 0 Å². The van der Waals surface area contributed by atoms with Crippen LogP contribution in [0.4, 0.5) is 0 Å². The molecule has 0 aromatic rings. The van der Waals surface area contributed by atoms with Gasteiger partial charge in [0.25, 0.3) is 0 Å². The lowest BCUT2D eigenvalue weighted by molar-refractivity contribution is 0.211. The first-order valence-electron chi connectivity index (χ1n) is 6.26. The topological polar surface area (TPSA) is 32.3 Å². The average molecular weight is 197 g/mol. The van der Waals surface area contributed by atoms with Gasteiger partial charge in [-0.1, -0.05) is 12.8 Å². The summed E-state index contributed by atoms with van der Waals surface area (Å²) >= 11 is 0. The van der Waals surface area contributed by atoms with Crippen LogP contribution in [0.3, 0.4) is 0 Å². The van der Waals surface area contributed by atoms with Crippen molar-refractivity contribution in [1.29, 1.82) is 0 Å². The third kappa shape index (κ3) is 2.71. The van der Waals surface area contributed by atoms with E-state index in [1.807, 2.05) is 0 Å². The zero-order valence-corrected chi connectivity index (χ0v) is 9.04. The predicted molar refractivity (Wildman–Crippen MR) is 58.2 cm³/mol. The highest BCUT2D eigenvalue weighted by Crippen LogP contribution is 2.41. The van der Waals surface area contributed by atoms with Gasteiger partial charge in [0.2, 0.25) is 0 Å². The fourth-order valence-electron chi connectivity index (χ4n) is 2.86. The summed E-state index contributed by atoms with van der Waals surface area (Å²) in [7, 11) is 0. The Hall–Kier alpha value is -0.0800. The second kappa shape index (κ2) is 5.13. The predicted octanol–water partition coefficient (Wildman–Crippen LogP) is 1.93. The first-order valence-corrected chi connectivity index (χ1v) is 6.26. The minimum absolute atomic E-state index is 0.374. The Balaban J connectivity index is 1.86. The van der Waals surface area contributed by atoms with Crippen molar-refractivity contribution in [2.75, 3.05) is 13.2 Å². The Morgan fingerprint density at radius 2 is 2.00 bits per heavy atom. The molecule has 0 spiro atoms. The van der Waals surface area contributed by atoms with Crippen LogP contribution < -0.4 is 5.32 Å². The molecule has 2 aliphatic rings. The van der Waals surface area contributed by atoms with E-state index in [4.69, 9.17) is 5.11 Å². The second-order valence-electron chi connectivity index (χ2n) is 4.92. The van der Waals surface area contributed by atoms with Crippen molar-refractivity contribution in [2.24, 2.45) is 11.8 Å². The summed E-state index contributed by atoms with van der Waals surface area (Å²) in [6.45, 7) is 1.57. The Morgan fingerprint density at radius 1 is 1.14 bits per heavy atom. The monoisotopic (exact) mass is 197 g/mol. The van der Waals surface area contributed by atoms with Crippen LogP contribution in [0.15, 0.2) is 0 Å². The van der Waals surface area contributed by atoms with Gasteiger partial charge in [0, 0.05) is 12.6 Å². The van der Waals surface area contributed by atoms with E-state index in [0.717, 1.165) is 18.3 Å². The van der Waals surface area contributed by atoms with E-state index >= 15 is 0 Å². The summed E-state index contributed by atoms with van der Waals surface area (Å²) in [4.78, 5) is 0. The highest BCUT2D eigenvalue weighted by molar-refractivity contribution is 4.89. The zero-order valence-electron chi connectivity index (χ0n) is 9.04. The smallest absolute Gasteiger partial charge is 0.0434 e. The number of aliphatic hydroxyl groups excluding tert-OH is 1. The van der Waals surface area contributed by atoms with Crippen LogP contribution in [0.2, 0.25) is 0 Å². The molecule has 82 valence electrons. The average Bonchev–Trinajstić information content (AvgIpc) is 3.02. The number of aliphatic hydroxyl groups is 1. The molecule has 1 heterocycles. The van der Waals surface area contributed by atoms with Crippen LogP contribution in [-0.4, -0.2) is 24.3 Å². The van der Waals surface area contributed by atoms with E-state index in [2.05, 4.69) is 5.32 Å². The fraction of sp³-hybridized carbons (Fsp3) is 1.00. The normalized spacial score (nSPS) is 31.1. The van der Waals surface area contributed by atoms with Gasteiger partial charge in [-0.05, 0) is 50.5 Å².